The van der Waals surface area contributed by atoms with Gasteiger partial charge in [0.05, 0.1) is 12.3 Å². The summed E-state index contributed by atoms with van der Waals surface area (Å²) in [5.74, 6) is 0.844. The van der Waals surface area contributed by atoms with E-state index in [9.17, 15) is 0 Å². The molecule has 1 aromatic heterocycles. The summed E-state index contributed by atoms with van der Waals surface area (Å²) in [4.78, 5) is 0. The molecule has 0 spiro atoms. The lowest BCUT2D eigenvalue weighted by molar-refractivity contribution is -0.0459. The van der Waals surface area contributed by atoms with Crippen molar-refractivity contribution in [3.63, 3.8) is 0 Å². The Kier molecular flexibility index (Phi) is 4.40. The normalized spacial score (nSPS) is 28.0. The molecule has 1 saturated carbocycles. The van der Waals surface area contributed by atoms with E-state index in [-0.39, 0.29) is 12.1 Å². The molecule has 0 bridgehead atoms. The van der Waals surface area contributed by atoms with Crippen LogP contribution < -0.4 is 5.73 Å². The Balaban J connectivity index is 1.99. The Morgan fingerprint density at radius 1 is 1.39 bits per heavy atom. The second-order valence-electron chi connectivity index (χ2n) is 5.75. The summed E-state index contributed by atoms with van der Waals surface area (Å²) in [6.45, 7) is 4.32. The van der Waals surface area contributed by atoms with E-state index in [1.54, 1.807) is 4.68 Å². The fraction of sp³-hybridized carbons (Fsp3) is 0.786. The third kappa shape index (κ3) is 3.33. The van der Waals surface area contributed by atoms with Gasteiger partial charge in [-0.25, -0.2) is 0 Å². The van der Waals surface area contributed by atoms with Crippen molar-refractivity contribution >= 4 is 0 Å². The standard InChI is InChI=1S/C14H25N3O/c1-10-4-6-13(7-5-10)18-14(11(2)15)12-8-16-17(3)9-12/h8-11,13-14H,4-7,15H2,1-3H3. The van der Waals surface area contributed by atoms with E-state index in [0.717, 1.165) is 24.3 Å². The molecule has 18 heavy (non-hydrogen) atoms. The van der Waals surface area contributed by atoms with Gasteiger partial charge in [-0.1, -0.05) is 6.92 Å². The monoisotopic (exact) mass is 251 g/mol. The van der Waals surface area contributed by atoms with Crippen molar-refractivity contribution in [3.05, 3.63) is 18.0 Å². The highest BCUT2D eigenvalue weighted by molar-refractivity contribution is 5.10. The molecular weight excluding hydrogens is 226 g/mol. The van der Waals surface area contributed by atoms with E-state index in [1.807, 2.05) is 26.4 Å². The van der Waals surface area contributed by atoms with E-state index < -0.39 is 0 Å². The predicted octanol–water partition coefficient (Wildman–Crippen LogP) is 2.40. The van der Waals surface area contributed by atoms with Crippen molar-refractivity contribution in [3.8, 4) is 0 Å². The average molecular weight is 251 g/mol. The highest BCUT2D eigenvalue weighted by Gasteiger charge is 2.25. The van der Waals surface area contributed by atoms with Gasteiger partial charge in [0, 0.05) is 24.8 Å². The van der Waals surface area contributed by atoms with E-state index in [0.29, 0.717) is 6.10 Å². The van der Waals surface area contributed by atoms with Crippen LogP contribution in [0.25, 0.3) is 0 Å². The summed E-state index contributed by atoms with van der Waals surface area (Å²) < 4.78 is 8.02. The van der Waals surface area contributed by atoms with Crippen molar-refractivity contribution in [1.29, 1.82) is 0 Å². The van der Waals surface area contributed by atoms with Crippen molar-refractivity contribution in [2.45, 2.75) is 57.8 Å². The molecule has 4 heteroatoms. The van der Waals surface area contributed by atoms with Crippen LogP contribution in [-0.4, -0.2) is 21.9 Å². The topological polar surface area (TPSA) is 53.1 Å². The van der Waals surface area contributed by atoms with E-state index in [2.05, 4.69) is 12.0 Å². The van der Waals surface area contributed by atoms with Crippen LogP contribution in [0.4, 0.5) is 0 Å². The number of aryl methyl sites for hydroxylation is 1. The SMILES string of the molecule is CC1CCC(OC(c2cnn(C)c2)C(C)N)CC1. The second-order valence-corrected chi connectivity index (χ2v) is 5.75. The molecule has 0 amide bonds. The highest BCUT2D eigenvalue weighted by atomic mass is 16.5. The summed E-state index contributed by atoms with van der Waals surface area (Å²) in [5.41, 5.74) is 7.15. The molecule has 2 unspecified atom stereocenters. The summed E-state index contributed by atoms with van der Waals surface area (Å²) in [5, 5.41) is 4.21. The van der Waals surface area contributed by atoms with Gasteiger partial charge in [-0.2, -0.15) is 5.10 Å². The first-order chi connectivity index (χ1) is 8.56. The van der Waals surface area contributed by atoms with Crippen LogP contribution >= 0.6 is 0 Å². The third-order valence-electron chi connectivity index (χ3n) is 3.83. The van der Waals surface area contributed by atoms with E-state index >= 15 is 0 Å². The number of nitrogens with two attached hydrogens (primary N) is 1. The van der Waals surface area contributed by atoms with Crippen molar-refractivity contribution in [2.75, 3.05) is 0 Å². The van der Waals surface area contributed by atoms with Gasteiger partial charge in [0.1, 0.15) is 6.10 Å². The molecule has 2 atom stereocenters. The minimum absolute atomic E-state index is 0.00597. The van der Waals surface area contributed by atoms with Crippen LogP contribution in [-0.2, 0) is 11.8 Å². The van der Waals surface area contributed by atoms with Crippen LogP contribution in [0.2, 0.25) is 0 Å². The van der Waals surface area contributed by atoms with E-state index in [4.69, 9.17) is 10.5 Å². The van der Waals surface area contributed by atoms with Gasteiger partial charge in [0.2, 0.25) is 0 Å². The Hall–Kier alpha value is -0.870. The lowest BCUT2D eigenvalue weighted by Crippen LogP contribution is -2.31. The zero-order valence-electron chi connectivity index (χ0n) is 11.7. The molecular formula is C14H25N3O. The molecule has 2 N–H and O–H groups in total. The fourth-order valence-electron chi connectivity index (χ4n) is 2.67. The van der Waals surface area contributed by atoms with Crippen LogP contribution in [0.5, 0.6) is 0 Å². The van der Waals surface area contributed by atoms with Gasteiger partial charge < -0.3 is 10.5 Å². The molecule has 1 aliphatic rings. The first-order valence-corrected chi connectivity index (χ1v) is 6.96. The first kappa shape index (κ1) is 13.6. The van der Waals surface area contributed by atoms with Crippen molar-refractivity contribution in [2.24, 2.45) is 18.7 Å². The maximum absolute atomic E-state index is 6.22. The van der Waals surface area contributed by atoms with Gasteiger partial charge in [0.25, 0.3) is 0 Å². The molecule has 4 nitrogen and oxygen atoms in total. The molecule has 0 saturated heterocycles. The number of hydrogen-bond donors (Lipinski definition) is 1. The minimum atomic E-state index is -0.0305. The Morgan fingerprint density at radius 2 is 2.06 bits per heavy atom. The molecule has 0 aliphatic heterocycles. The zero-order chi connectivity index (χ0) is 13.1. The molecule has 2 rings (SSSR count). The van der Waals surface area contributed by atoms with Crippen LogP contribution in [0.1, 0.15) is 51.2 Å². The molecule has 0 radical (unpaired) electrons. The maximum Gasteiger partial charge on any atom is 0.101 e. The van der Waals surface area contributed by atoms with Gasteiger partial charge in [-0.05, 0) is 38.5 Å². The predicted molar refractivity (Wildman–Crippen MR) is 72.1 cm³/mol. The average Bonchev–Trinajstić information content (AvgIpc) is 2.74. The summed E-state index contributed by atoms with van der Waals surface area (Å²) in [6.07, 6.45) is 9.04. The molecule has 0 aromatic carbocycles. The smallest absolute Gasteiger partial charge is 0.101 e. The van der Waals surface area contributed by atoms with Crippen molar-refractivity contribution in [1.82, 2.24) is 9.78 Å². The molecule has 1 fully saturated rings. The number of hydrogen-bond acceptors (Lipinski definition) is 3. The van der Waals surface area contributed by atoms with Gasteiger partial charge in [-0.15, -0.1) is 0 Å². The lowest BCUT2D eigenvalue weighted by Gasteiger charge is -2.31. The van der Waals surface area contributed by atoms with Crippen LogP contribution in [0, 0.1) is 5.92 Å². The maximum atomic E-state index is 6.22. The number of rotatable bonds is 4. The molecule has 1 heterocycles. The van der Waals surface area contributed by atoms with E-state index in [1.165, 1.54) is 12.8 Å². The summed E-state index contributed by atoms with van der Waals surface area (Å²) in [7, 11) is 1.92. The first-order valence-electron chi connectivity index (χ1n) is 6.96. The van der Waals surface area contributed by atoms with Gasteiger partial charge in [0.15, 0.2) is 0 Å². The number of aromatic nitrogens is 2. The molecule has 102 valence electrons. The quantitative estimate of drug-likeness (QED) is 0.894. The highest BCUT2D eigenvalue weighted by Crippen LogP contribution is 2.30. The Bertz CT molecular complexity index is 367. The fourth-order valence-corrected chi connectivity index (χ4v) is 2.67. The van der Waals surface area contributed by atoms with Crippen molar-refractivity contribution < 1.29 is 4.74 Å². The summed E-state index contributed by atoms with van der Waals surface area (Å²) in [6, 6.07) is -0.00597. The number of ether oxygens (including phenoxy) is 1. The van der Waals surface area contributed by atoms with Gasteiger partial charge in [-0.3, -0.25) is 4.68 Å². The molecule has 1 aromatic rings. The zero-order valence-corrected chi connectivity index (χ0v) is 11.7. The Morgan fingerprint density at radius 3 is 2.56 bits per heavy atom. The summed E-state index contributed by atoms with van der Waals surface area (Å²) >= 11 is 0. The largest absolute Gasteiger partial charge is 0.369 e. The molecule has 1 aliphatic carbocycles. The second kappa shape index (κ2) is 5.85. The number of nitrogens with zero attached hydrogens (tertiary/aromatic N) is 2. The Labute approximate surface area is 110 Å². The van der Waals surface area contributed by atoms with Gasteiger partial charge >= 0.3 is 0 Å². The minimum Gasteiger partial charge on any atom is -0.369 e. The third-order valence-corrected chi connectivity index (χ3v) is 3.83. The lowest BCUT2D eigenvalue weighted by atomic mass is 9.88. The van der Waals surface area contributed by atoms with Crippen LogP contribution in [0.15, 0.2) is 12.4 Å². The van der Waals surface area contributed by atoms with Crippen LogP contribution in [0.3, 0.4) is 0 Å².